The maximum absolute atomic E-state index is 6.52. The maximum atomic E-state index is 6.52. The lowest BCUT2D eigenvalue weighted by Crippen LogP contribution is -2.36. The van der Waals surface area contributed by atoms with Gasteiger partial charge in [-0.3, -0.25) is 9.97 Å². The van der Waals surface area contributed by atoms with Crippen LogP contribution in [0.2, 0.25) is 0 Å². The lowest BCUT2D eigenvalue weighted by molar-refractivity contribution is 0.122. The second-order valence-corrected chi connectivity index (χ2v) is 8.39. The van der Waals surface area contributed by atoms with Crippen molar-refractivity contribution in [3.8, 4) is 5.75 Å². The first-order chi connectivity index (χ1) is 15.2. The van der Waals surface area contributed by atoms with Gasteiger partial charge in [-0.1, -0.05) is 0 Å². The van der Waals surface area contributed by atoms with E-state index < -0.39 is 0 Å². The number of ether oxygens (including phenoxy) is 2. The number of nitrogens with zero attached hydrogens (tertiary/aromatic N) is 4. The van der Waals surface area contributed by atoms with Crippen molar-refractivity contribution in [1.82, 2.24) is 15.0 Å². The minimum atomic E-state index is 0.197. The Balaban J connectivity index is 1.28. The van der Waals surface area contributed by atoms with Crippen molar-refractivity contribution in [2.75, 3.05) is 36.5 Å². The highest BCUT2D eigenvalue weighted by Crippen LogP contribution is 2.33. The number of hydrogen-bond acceptors (Lipinski definition) is 7. The van der Waals surface area contributed by atoms with Crippen molar-refractivity contribution in [2.24, 2.45) is 0 Å². The molecule has 1 aromatic carbocycles. The molecule has 2 aromatic heterocycles. The van der Waals surface area contributed by atoms with Gasteiger partial charge in [-0.25, -0.2) is 4.98 Å². The first kappa shape index (κ1) is 20.0. The van der Waals surface area contributed by atoms with E-state index in [-0.39, 0.29) is 6.10 Å². The van der Waals surface area contributed by atoms with Crippen LogP contribution in [0, 0.1) is 6.92 Å². The van der Waals surface area contributed by atoms with Gasteiger partial charge in [0.2, 0.25) is 0 Å². The van der Waals surface area contributed by atoms with Gasteiger partial charge in [0, 0.05) is 60.9 Å². The number of pyridine rings is 1. The molecule has 31 heavy (non-hydrogen) atoms. The zero-order valence-corrected chi connectivity index (χ0v) is 18.0. The summed E-state index contributed by atoms with van der Waals surface area (Å²) in [6, 6.07) is 8.85. The average molecular weight is 420 g/mol. The van der Waals surface area contributed by atoms with Gasteiger partial charge in [0.1, 0.15) is 11.3 Å². The van der Waals surface area contributed by atoms with Gasteiger partial charge in [0.05, 0.1) is 24.8 Å². The molecule has 2 fully saturated rings. The van der Waals surface area contributed by atoms with Gasteiger partial charge in [0.25, 0.3) is 0 Å². The van der Waals surface area contributed by atoms with Crippen LogP contribution in [-0.4, -0.2) is 53.4 Å². The van der Waals surface area contributed by atoms with E-state index in [9.17, 15) is 0 Å². The predicted octanol–water partition coefficient (Wildman–Crippen LogP) is 3.97. The van der Waals surface area contributed by atoms with E-state index in [0.717, 1.165) is 85.8 Å². The molecule has 0 radical (unpaired) electrons. The van der Waals surface area contributed by atoms with Crippen LogP contribution in [-0.2, 0) is 4.74 Å². The Morgan fingerprint density at radius 3 is 2.58 bits per heavy atom. The first-order valence-electron chi connectivity index (χ1n) is 11.2. The summed E-state index contributed by atoms with van der Waals surface area (Å²) in [5, 5.41) is 3.65. The second kappa shape index (κ2) is 9.06. The molecule has 3 heterocycles. The molecule has 1 N–H and O–H groups in total. The lowest BCUT2D eigenvalue weighted by Gasteiger charge is -2.31. The number of anilines is 2. The van der Waals surface area contributed by atoms with Crippen LogP contribution in [0.3, 0.4) is 0 Å². The van der Waals surface area contributed by atoms with Crippen LogP contribution in [0.25, 0.3) is 11.0 Å². The zero-order chi connectivity index (χ0) is 21.0. The number of fused-ring (bicyclic) bond motifs is 1. The molecule has 7 heteroatoms. The van der Waals surface area contributed by atoms with Crippen LogP contribution in [0.4, 0.5) is 11.4 Å². The lowest BCUT2D eigenvalue weighted by atomic mass is 9.92. The van der Waals surface area contributed by atoms with Crippen molar-refractivity contribution in [1.29, 1.82) is 0 Å². The van der Waals surface area contributed by atoms with E-state index in [1.807, 2.05) is 19.2 Å². The molecule has 7 nitrogen and oxygen atoms in total. The van der Waals surface area contributed by atoms with Gasteiger partial charge in [-0.2, -0.15) is 0 Å². The molecule has 0 spiro atoms. The SMILES string of the molecule is Cc1cc(NC2CCC(Oc3cc(N4CCOCC4)cc4nccnc34)CC2)ccn1. The third-order valence-electron chi connectivity index (χ3n) is 6.14. The fourth-order valence-electron chi connectivity index (χ4n) is 4.50. The van der Waals surface area contributed by atoms with Gasteiger partial charge >= 0.3 is 0 Å². The number of rotatable bonds is 5. The third kappa shape index (κ3) is 4.71. The molecule has 2 aliphatic rings. The molecular formula is C24H29N5O2. The van der Waals surface area contributed by atoms with E-state index in [1.54, 1.807) is 12.4 Å². The molecule has 0 atom stereocenters. The Morgan fingerprint density at radius 1 is 0.968 bits per heavy atom. The Bertz CT molecular complexity index is 1030. The fraction of sp³-hybridized carbons (Fsp3) is 0.458. The molecule has 1 saturated carbocycles. The Hall–Kier alpha value is -2.93. The summed E-state index contributed by atoms with van der Waals surface area (Å²) < 4.78 is 12.0. The summed E-state index contributed by atoms with van der Waals surface area (Å²) in [6.45, 7) is 5.30. The van der Waals surface area contributed by atoms with Crippen LogP contribution in [0.15, 0.2) is 42.9 Å². The summed E-state index contributed by atoms with van der Waals surface area (Å²) in [4.78, 5) is 15.7. The van der Waals surface area contributed by atoms with E-state index in [1.165, 1.54) is 0 Å². The van der Waals surface area contributed by atoms with Crippen molar-refractivity contribution < 1.29 is 9.47 Å². The van der Waals surface area contributed by atoms with Gasteiger partial charge in [-0.05, 0) is 50.8 Å². The number of nitrogens with one attached hydrogen (secondary N) is 1. The summed E-state index contributed by atoms with van der Waals surface area (Å²) in [7, 11) is 0. The Kier molecular flexibility index (Phi) is 5.84. The Labute approximate surface area is 182 Å². The smallest absolute Gasteiger partial charge is 0.149 e. The second-order valence-electron chi connectivity index (χ2n) is 8.39. The maximum Gasteiger partial charge on any atom is 0.149 e. The molecule has 0 bridgehead atoms. The van der Waals surface area contributed by atoms with E-state index in [0.29, 0.717) is 6.04 Å². The molecule has 0 amide bonds. The summed E-state index contributed by atoms with van der Waals surface area (Å²) in [6.07, 6.45) is 9.74. The van der Waals surface area contributed by atoms with Crippen LogP contribution >= 0.6 is 0 Å². The number of aromatic nitrogens is 3. The van der Waals surface area contributed by atoms with E-state index >= 15 is 0 Å². The Morgan fingerprint density at radius 2 is 1.77 bits per heavy atom. The van der Waals surface area contributed by atoms with Crippen molar-refractivity contribution in [2.45, 2.75) is 44.8 Å². The zero-order valence-electron chi connectivity index (χ0n) is 18.0. The largest absolute Gasteiger partial charge is 0.488 e. The summed E-state index contributed by atoms with van der Waals surface area (Å²) in [5.41, 5.74) is 5.04. The molecule has 5 rings (SSSR count). The molecule has 1 aliphatic carbocycles. The number of aryl methyl sites for hydroxylation is 1. The van der Waals surface area contributed by atoms with Gasteiger partial charge in [-0.15, -0.1) is 0 Å². The first-order valence-corrected chi connectivity index (χ1v) is 11.2. The van der Waals surface area contributed by atoms with E-state index in [4.69, 9.17) is 9.47 Å². The monoisotopic (exact) mass is 419 g/mol. The fourth-order valence-corrected chi connectivity index (χ4v) is 4.50. The highest BCUT2D eigenvalue weighted by atomic mass is 16.5. The molecule has 0 unspecified atom stereocenters. The quantitative estimate of drug-likeness (QED) is 0.671. The molecule has 3 aromatic rings. The van der Waals surface area contributed by atoms with Gasteiger partial charge in [0.15, 0.2) is 0 Å². The normalized spacial score (nSPS) is 21.8. The van der Waals surface area contributed by atoms with Crippen molar-refractivity contribution in [3.05, 3.63) is 48.5 Å². The molecular weight excluding hydrogens is 390 g/mol. The van der Waals surface area contributed by atoms with Crippen molar-refractivity contribution in [3.63, 3.8) is 0 Å². The summed E-state index contributed by atoms with van der Waals surface area (Å²) in [5.74, 6) is 0.841. The highest BCUT2D eigenvalue weighted by Gasteiger charge is 2.24. The van der Waals surface area contributed by atoms with Gasteiger partial charge < -0.3 is 19.7 Å². The minimum Gasteiger partial charge on any atom is -0.488 e. The standard InChI is InChI=1S/C24H29N5O2/c1-17-14-19(6-7-25-17)28-18-2-4-21(5-3-18)31-23-16-20(29-10-12-30-13-11-29)15-22-24(23)27-9-8-26-22/h6-9,14-16,18,21H,2-5,10-13H2,1H3,(H,25,28). The van der Waals surface area contributed by atoms with E-state index in [2.05, 4.69) is 43.4 Å². The average Bonchev–Trinajstić information content (AvgIpc) is 2.81. The topological polar surface area (TPSA) is 72.4 Å². The highest BCUT2D eigenvalue weighted by molar-refractivity contribution is 5.85. The van der Waals surface area contributed by atoms with Crippen LogP contribution in [0.5, 0.6) is 5.75 Å². The molecule has 162 valence electrons. The van der Waals surface area contributed by atoms with Crippen molar-refractivity contribution >= 4 is 22.4 Å². The van der Waals surface area contributed by atoms with Crippen LogP contribution in [0.1, 0.15) is 31.4 Å². The number of hydrogen-bond donors (Lipinski definition) is 1. The third-order valence-corrected chi connectivity index (χ3v) is 6.14. The predicted molar refractivity (Wildman–Crippen MR) is 122 cm³/mol. The molecule has 1 saturated heterocycles. The summed E-state index contributed by atoms with van der Waals surface area (Å²) >= 11 is 0. The minimum absolute atomic E-state index is 0.197. The number of benzene rings is 1. The molecule has 1 aliphatic heterocycles. The van der Waals surface area contributed by atoms with Crippen LogP contribution < -0.4 is 15.0 Å². The number of morpholine rings is 1.